The molecule has 290 valence electrons. The molecule has 1 rings (SSSR count). The Labute approximate surface area is 296 Å². The monoisotopic (exact) mass is 721 g/mol. The van der Waals surface area contributed by atoms with Crippen molar-refractivity contribution in [1.29, 1.82) is 0 Å². The van der Waals surface area contributed by atoms with E-state index >= 15 is 0 Å². The van der Waals surface area contributed by atoms with Crippen LogP contribution in [0.25, 0.3) is 0 Å². The molecule has 16 heteroatoms. The summed E-state index contributed by atoms with van der Waals surface area (Å²) in [6, 6.07) is 9.49. The average molecular weight is 722 g/mol. The van der Waals surface area contributed by atoms with Gasteiger partial charge in [0.05, 0.1) is 145 Å². The Balaban J connectivity index is 1.63. The average Bonchev–Trinajstić information content (AvgIpc) is 3.12. The van der Waals surface area contributed by atoms with Crippen LogP contribution in [0.1, 0.15) is 12.5 Å². The third kappa shape index (κ3) is 35.3. The normalized spacial score (nSPS) is 11.1. The van der Waals surface area contributed by atoms with Crippen LogP contribution < -0.4 is 5.32 Å². The van der Waals surface area contributed by atoms with Gasteiger partial charge in [-0.1, -0.05) is 30.3 Å². The summed E-state index contributed by atoms with van der Waals surface area (Å²) in [4.78, 5) is 22.2. The molecule has 0 atom stereocenters. The van der Waals surface area contributed by atoms with Gasteiger partial charge in [0.1, 0.15) is 13.2 Å². The summed E-state index contributed by atoms with van der Waals surface area (Å²) in [5.74, 6) is -0.315. The molecule has 0 aliphatic rings. The molecule has 0 fully saturated rings. The Morgan fingerprint density at radius 3 is 1.04 bits per heavy atom. The lowest BCUT2D eigenvalue weighted by Gasteiger charge is -2.09. The number of esters is 1. The zero-order chi connectivity index (χ0) is 35.8. The largest absolute Gasteiger partial charge is 0.463 e. The molecule has 0 unspecified atom stereocenters. The first-order valence-electron chi connectivity index (χ1n) is 17.1. The summed E-state index contributed by atoms with van der Waals surface area (Å²) in [7, 11) is 0. The molecule has 0 saturated carbocycles. The van der Waals surface area contributed by atoms with Gasteiger partial charge in [0.2, 0.25) is 0 Å². The Hall–Kier alpha value is -2.48. The molecular weight excluding hydrogens is 662 g/mol. The third-order valence-corrected chi connectivity index (χ3v) is 5.98. The number of ether oxygens (including phenoxy) is 13. The topological polar surface area (TPSA) is 166 Å². The zero-order valence-electron chi connectivity index (χ0n) is 29.7. The van der Waals surface area contributed by atoms with E-state index < -0.39 is 6.09 Å². The number of benzene rings is 1. The van der Waals surface area contributed by atoms with Crippen LogP contribution in [-0.4, -0.2) is 171 Å². The number of carbonyl (C=O) groups excluding carboxylic acids is 2. The van der Waals surface area contributed by atoms with Crippen molar-refractivity contribution in [2.45, 2.75) is 13.5 Å². The summed E-state index contributed by atoms with van der Waals surface area (Å²) in [6.07, 6.45) is -0.473. The van der Waals surface area contributed by atoms with Crippen molar-refractivity contribution in [2.24, 2.45) is 0 Å². The zero-order valence-corrected chi connectivity index (χ0v) is 29.7. The van der Waals surface area contributed by atoms with Gasteiger partial charge < -0.3 is 66.9 Å². The molecule has 0 aliphatic heterocycles. The summed E-state index contributed by atoms with van der Waals surface area (Å²) < 4.78 is 69.6. The molecule has 0 aromatic heterocycles. The summed E-state index contributed by atoms with van der Waals surface area (Å²) in [6.45, 7) is 12.4. The molecule has 0 saturated heterocycles. The van der Waals surface area contributed by atoms with Gasteiger partial charge in [-0.05, 0) is 5.56 Å². The van der Waals surface area contributed by atoms with Crippen molar-refractivity contribution in [2.75, 3.05) is 159 Å². The lowest BCUT2D eigenvalue weighted by molar-refractivity contribution is -0.142. The summed E-state index contributed by atoms with van der Waals surface area (Å²) in [5.41, 5.74) is 0.934. The van der Waals surface area contributed by atoms with Crippen LogP contribution in [-0.2, 0) is 73.0 Å². The van der Waals surface area contributed by atoms with Crippen molar-refractivity contribution in [1.82, 2.24) is 5.32 Å². The van der Waals surface area contributed by atoms with E-state index in [1.807, 2.05) is 30.3 Å². The molecule has 1 N–H and O–H groups in total. The smallest absolute Gasteiger partial charge is 0.407 e. The highest BCUT2D eigenvalue weighted by Crippen LogP contribution is 2.00. The maximum Gasteiger partial charge on any atom is 0.407 e. The SMILES string of the molecule is CC(=O)OCCOCCOCCOCCOCCOCCOCCOCCOCCOCCOCCOCCNC(=O)OCc1ccccc1. The van der Waals surface area contributed by atoms with E-state index in [0.717, 1.165) is 5.56 Å². The van der Waals surface area contributed by atoms with Gasteiger partial charge in [-0.25, -0.2) is 4.79 Å². The fourth-order valence-corrected chi connectivity index (χ4v) is 3.54. The van der Waals surface area contributed by atoms with Crippen LogP contribution >= 0.6 is 0 Å². The number of carbonyl (C=O) groups is 2. The second-order valence-corrected chi connectivity index (χ2v) is 10.1. The van der Waals surface area contributed by atoms with E-state index in [9.17, 15) is 9.59 Å². The molecule has 1 amide bonds. The molecule has 1 aromatic rings. The number of nitrogens with one attached hydrogen (secondary N) is 1. The highest BCUT2D eigenvalue weighted by molar-refractivity contribution is 5.67. The van der Waals surface area contributed by atoms with Crippen LogP contribution in [0.4, 0.5) is 4.79 Å². The van der Waals surface area contributed by atoms with Gasteiger partial charge in [-0.3, -0.25) is 4.79 Å². The first kappa shape index (κ1) is 45.5. The van der Waals surface area contributed by atoms with Gasteiger partial charge in [0.25, 0.3) is 0 Å². The van der Waals surface area contributed by atoms with Crippen molar-refractivity contribution in [3.63, 3.8) is 0 Å². The quantitative estimate of drug-likeness (QED) is 0.0774. The van der Waals surface area contributed by atoms with Gasteiger partial charge in [0, 0.05) is 13.5 Å². The number of hydrogen-bond acceptors (Lipinski definition) is 15. The lowest BCUT2D eigenvalue weighted by Crippen LogP contribution is -2.28. The second-order valence-electron chi connectivity index (χ2n) is 10.1. The van der Waals surface area contributed by atoms with Gasteiger partial charge in [0.15, 0.2) is 0 Å². The molecule has 0 bridgehead atoms. The van der Waals surface area contributed by atoms with E-state index in [2.05, 4.69) is 5.32 Å². The first-order chi connectivity index (χ1) is 24.7. The van der Waals surface area contributed by atoms with Crippen molar-refractivity contribution in [3.05, 3.63) is 35.9 Å². The molecule has 16 nitrogen and oxygen atoms in total. The Morgan fingerprint density at radius 2 is 0.720 bits per heavy atom. The van der Waals surface area contributed by atoms with Crippen LogP contribution in [0.3, 0.4) is 0 Å². The van der Waals surface area contributed by atoms with Gasteiger partial charge >= 0.3 is 12.1 Å². The Kier molecular flexibility index (Phi) is 34.4. The van der Waals surface area contributed by atoms with Gasteiger partial charge in [-0.2, -0.15) is 0 Å². The summed E-state index contributed by atoms with van der Waals surface area (Å²) in [5, 5.41) is 2.64. The predicted octanol–water partition coefficient (Wildman–Crippen LogP) is 1.66. The van der Waals surface area contributed by atoms with E-state index in [4.69, 9.17) is 61.6 Å². The molecule has 0 spiro atoms. The number of alkyl carbamates (subject to hydrolysis) is 1. The van der Waals surface area contributed by atoms with E-state index in [1.54, 1.807) is 0 Å². The van der Waals surface area contributed by atoms with E-state index in [1.165, 1.54) is 6.92 Å². The predicted molar refractivity (Wildman–Crippen MR) is 180 cm³/mol. The van der Waals surface area contributed by atoms with Crippen LogP contribution in [0.5, 0.6) is 0 Å². The highest BCUT2D eigenvalue weighted by atomic mass is 16.6. The summed E-state index contributed by atoms with van der Waals surface area (Å²) >= 11 is 0. The third-order valence-electron chi connectivity index (χ3n) is 5.98. The molecular formula is C34H59NO15. The minimum Gasteiger partial charge on any atom is -0.463 e. The maximum absolute atomic E-state index is 11.6. The first-order valence-corrected chi connectivity index (χ1v) is 17.1. The number of hydrogen-bond donors (Lipinski definition) is 1. The molecule has 50 heavy (non-hydrogen) atoms. The number of amides is 1. The minimum atomic E-state index is -0.473. The maximum atomic E-state index is 11.6. The number of rotatable bonds is 38. The standard InChI is InChI=1S/C34H59NO15/c1-32(36)49-30-29-48-28-27-47-26-25-46-24-23-45-22-21-44-20-19-43-18-17-42-16-15-41-14-13-40-12-11-39-10-9-38-8-7-35-34(37)50-31-33-5-3-2-4-6-33/h2-6H,7-31H2,1H3,(H,35,37). The lowest BCUT2D eigenvalue weighted by atomic mass is 10.2. The minimum absolute atomic E-state index is 0.234. The molecule has 0 heterocycles. The van der Waals surface area contributed by atoms with Crippen molar-refractivity contribution < 1.29 is 71.2 Å². The Bertz CT molecular complexity index is 868. The fraction of sp³-hybridized carbons (Fsp3) is 0.765. The Morgan fingerprint density at radius 1 is 0.420 bits per heavy atom. The highest BCUT2D eigenvalue weighted by Gasteiger charge is 2.02. The van der Waals surface area contributed by atoms with Crippen LogP contribution in [0.2, 0.25) is 0 Å². The van der Waals surface area contributed by atoms with Gasteiger partial charge in [-0.15, -0.1) is 0 Å². The van der Waals surface area contributed by atoms with Crippen molar-refractivity contribution in [3.8, 4) is 0 Å². The molecule has 1 aromatic carbocycles. The molecule has 0 radical (unpaired) electrons. The van der Waals surface area contributed by atoms with Crippen molar-refractivity contribution >= 4 is 12.1 Å². The van der Waals surface area contributed by atoms with Crippen LogP contribution in [0, 0.1) is 0 Å². The molecule has 0 aliphatic carbocycles. The second kappa shape index (κ2) is 37.8. The fourth-order valence-electron chi connectivity index (χ4n) is 3.54. The van der Waals surface area contributed by atoms with Crippen LogP contribution in [0.15, 0.2) is 30.3 Å². The van der Waals surface area contributed by atoms with E-state index in [-0.39, 0.29) is 19.2 Å². The van der Waals surface area contributed by atoms with E-state index in [0.29, 0.717) is 152 Å².